The van der Waals surface area contributed by atoms with Gasteiger partial charge in [-0.25, -0.2) is 0 Å². The summed E-state index contributed by atoms with van der Waals surface area (Å²) in [6.07, 6.45) is 1.24. The normalized spacial score (nSPS) is 10.5. The Labute approximate surface area is 120 Å². The Morgan fingerprint density at radius 3 is 2.55 bits per heavy atom. The van der Waals surface area contributed by atoms with Crippen LogP contribution in [0.15, 0.2) is 36.0 Å². The summed E-state index contributed by atoms with van der Waals surface area (Å²) in [7, 11) is 0. The number of carboxylic acids is 1. The van der Waals surface area contributed by atoms with Gasteiger partial charge in [-0.2, -0.15) is 5.26 Å². The number of aliphatic carboxylic acids is 1. The molecule has 7 heteroatoms. The number of nitrogens with one attached hydrogen (secondary N) is 2. The quantitative estimate of drug-likeness (QED) is 0.537. The Hall–Kier alpha value is -2.52. The third-order valence-electron chi connectivity index (χ3n) is 2.23. The minimum atomic E-state index is -1.18. The molecule has 20 heavy (non-hydrogen) atoms. The number of carboxylic acid groups (broad SMARTS) is 1. The van der Waals surface area contributed by atoms with Gasteiger partial charge in [-0.1, -0.05) is 23.7 Å². The number of benzene rings is 1. The Morgan fingerprint density at radius 2 is 2.00 bits per heavy atom. The lowest BCUT2D eigenvalue weighted by Crippen LogP contribution is -2.30. The fourth-order valence-corrected chi connectivity index (χ4v) is 1.40. The number of hydrogen-bond acceptors (Lipinski definition) is 4. The number of nitrogens with zero attached hydrogens (tertiary/aromatic N) is 1. The topological polar surface area (TPSA) is 102 Å². The maximum absolute atomic E-state index is 11.4. The standard InChI is InChI=1S/C13H12ClN3O3/c14-11-3-1-9(2-4-11)6-16-7-10(5-15)13(20)17-8-12(18)19/h1-4,7,16H,6,8H2,(H,17,20)(H,18,19)/b10-7-. The van der Waals surface area contributed by atoms with Gasteiger partial charge in [0.2, 0.25) is 0 Å². The zero-order valence-corrected chi connectivity index (χ0v) is 11.1. The van der Waals surface area contributed by atoms with E-state index < -0.39 is 18.4 Å². The van der Waals surface area contributed by atoms with Crippen molar-refractivity contribution in [1.82, 2.24) is 10.6 Å². The fraction of sp³-hybridized carbons (Fsp3) is 0.154. The van der Waals surface area contributed by atoms with Gasteiger partial charge in [0.15, 0.2) is 0 Å². The summed E-state index contributed by atoms with van der Waals surface area (Å²) in [5, 5.41) is 22.8. The van der Waals surface area contributed by atoms with Crippen molar-refractivity contribution < 1.29 is 14.7 Å². The maximum atomic E-state index is 11.4. The Bertz CT molecular complexity index is 561. The zero-order chi connectivity index (χ0) is 15.0. The van der Waals surface area contributed by atoms with Gasteiger partial charge < -0.3 is 15.7 Å². The molecule has 0 aliphatic carbocycles. The number of amides is 1. The van der Waals surface area contributed by atoms with Crippen molar-refractivity contribution in [1.29, 1.82) is 5.26 Å². The highest BCUT2D eigenvalue weighted by Crippen LogP contribution is 2.09. The van der Waals surface area contributed by atoms with E-state index in [-0.39, 0.29) is 5.57 Å². The van der Waals surface area contributed by atoms with Crippen LogP contribution in [0.3, 0.4) is 0 Å². The molecule has 0 fully saturated rings. The molecular formula is C13H12ClN3O3. The third-order valence-corrected chi connectivity index (χ3v) is 2.48. The van der Waals surface area contributed by atoms with Crippen molar-refractivity contribution in [3.05, 3.63) is 46.6 Å². The van der Waals surface area contributed by atoms with Gasteiger partial charge in [0.1, 0.15) is 18.2 Å². The van der Waals surface area contributed by atoms with Crippen LogP contribution in [0.2, 0.25) is 5.02 Å². The highest BCUT2D eigenvalue weighted by molar-refractivity contribution is 6.30. The first kappa shape index (κ1) is 15.5. The molecule has 1 amide bonds. The first-order valence-electron chi connectivity index (χ1n) is 5.61. The van der Waals surface area contributed by atoms with Gasteiger partial charge in [0.05, 0.1) is 0 Å². The van der Waals surface area contributed by atoms with Gasteiger partial charge in [-0.15, -0.1) is 0 Å². The lowest BCUT2D eigenvalue weighted by Gasteiger charge is -2.03. The van der Waals surface area contributed by atoms with Crippen molar-refractivity contribution in [3.63, 3.8) is 0 Å². The molecule has 1 rings (SSSR count). The van der Waals surface area contributed by atoms with Crippen LogP contribution in [0.1, 0.15) is 5.56 Å². The van der Waals surface area contributed by atoms with Crippen molar-refractivity contribution in [2.24, 2.45) is 0 Å². The van der Waals surface area contributed by atoms with Crippen LogP contribution in [0, 0.1) is 11.3 Å². The summed E-state index contributed by atoms with van der Waals surface area (Å²) in [4.78, 5) is 21.7. The summed E-state index contributed by atoms with van der Waals surface area (Å²) in [6.45, 7) is -0.121. The predicted molar refractivity (Wildman–Crippen MR) is 72.6 cm³/mol. The fourth-order valence-electron chi connectivity index (χ4n) is 1.27. The number of rotatable bonds is 6. The van der Waals surface area contributed by atoms with Crippen LogP contribution in [0.4, 0.5) is 0 Å². The second kappa shape index (κ2) is 7.81. The van der Waals surface area contributed by atoms with Gasteiger partial charge in [0.25, 0.3) is 5.91 Å². The van der Waals surface area contributed by atoms with E-state index in [0.29, 0.717) is 11.6 Å². The molecule has 0 aliphatic rings. The lowest BCUT2D eigenvalue weighted by molar-refractivity contribution is -0.137. The molecule has 0 bridgehead atoms. The number of nitriles is 1. The van der Waals surface area contributed by atoms with E-state index in [1.165, 1.54) is 6.20 Å². The zero-order valence-electron chi connectivity index (χ0n) is 10.4. The number of hydrogen-bond donors (Lipinski definition) is 3. The van der Waals surface area contributed by atoms with E-state index in [0.717, 1.165) is 5.56 Å². The largest absolute Gasteiger partial charge is 0.480 e. The van der Waals surface area contributed by atoms with Gasteiger partial charge in [0, 0.05) is 17.8 Å². The van der Waals surface area contributed by atoms with Crippen molar-refractivity contribution >= 4 is 23.5 Å². The van der Waals surface area contributed by atoms with Crippen LogP contribution in [0.5, 0.6) is 0 Å². The van der Waals surface area contributed by atoms with Gasteiger partial charge in [-0.3, -0.25) is 9.59 Å². The number of carbonyl (C=O) groups is 2. The number of halogens is 1. The molecule has 0 unspecified atom stereocenters. The first-order chi connectivity index (χ1) is 9.52. The molecule has 3 N–H and O–H groups in total. The lowest BCUT2D eigenvalue weighted by atomic mass is 10.2. The number of carbonyl (C=O) groups excluding carboxylic acids is 1. The molecule has 0 saturated carbocycles. The molecule has 0 heterocycles. The maximum Gasteiger partial charge on any atom is 0.322 e. The van der Waals surface area contributed by atoms with Crippen LogP contribution in [-0.4, -0.2) is 23.5 Å². The smallest absolute Gasteiger partial charge is 0.322 e. The highest BCUT2D eigenvalue weighted by Gasteiger charge is 2.09. The van der Waals surface area contributed by atoms with Crippen LogP contribution in [0.25, 0.3) is 0 Å². The summed E-state index contributed by atoms with van der Waals surface area (Å²) in [6, 6.07) is 8.76. The average molecular weight is 294 g/mol. The Morgan fingerprint density at radius 1 is 1.35 bits per heavy atom. The van der Waals surface area contributed by atoms with Crippen molar-refractivity contribution in [2.45, 2.75) is 6.54 Å². The van der Waals surface area contributed by atoms with Gasteiger partial charge >= 0.3 is 5.97 Å². The average Bonchev–Trinajstić information content (AvgIpc) is 2.43. The van der Waals surface area contributed by atoms with Gasteiger partial charge in [-0.05, 0) is 17.7 Å². The van der Waals surface area contributed by atoms with Crippen molar-refractivity contribution in [3.8, 4) is 6.07 Å². The Kier molecular flexibility index (Phi) is 6.07. The molecule has 6 nitrogen and oxygen atoms in total. The minimum Gasteiger partial charge on any atom is -0.480 e. The molecule has 0 saturated heterocycles. The molecule has 1 aromatic rings. The second-order valence-electron chi connectivity index (χ2n) is 3.75. The molecule has 0 aromatic heterocycles. The summed E-state index contributed by atoms with van der Waals surface area (Å²) in [5.74, 6) is -1.91. The molecule has 104 valence electrons. The molecule has 0 atom stereocenters. The summed E-state index contributed by atoms with van der Waals surface area (Å²) < 4.78 is 0. The molecule has 0 aliphatic heterocycles. The van der Waals surface area contributed by atoms with E-state index in [2.05, 4.69) is 10.6 Å². The molecule has 1 aromatic carbocycles. The predicted octanol–water partition coefficient (Wildman–Crippen LogP) is 1.04. The minimum absolute atomic E-state index is 0.194. The van der Waals surface area contributed by atoms with Crippen LogP contribution in [-0.2, 0) is 16.1 Å². The first-order valence-corrected chi connectivity index (χ1v) is 5.99. The highest BCUT2D eigenvalue weighted by atomic mass is 35.5. The van der Waals surface area contributed by atoms with E-state index in [1.54, 1.807) is 30.3 Å². The summed E-state index contributed by atoms with van der Waals surface area (Å²) in [5.41, 5.74) is 0.731. The molecule has 0 radical (unpaired) electrons. The molecule has 0 spiro atoms. The monoisotopic (exact) mass is 293 g/mol. The van der Waals surface area contributed by atoms with E-state index >= 15 is 0 Å². The summed E-state index contributed by atoms with van der Waals surface area (Å²) >= 11 is 5.74. The van der Waals surface area contributed by atoms with Crippen LogP contribution >= 0.6 is 11.6 Å². The van der Waals surface area contributed by atoms with Crippen molar-refractivity contribution in [2.75, 3.05) is 6.54 Å². The SMILES string of the molecule is N#C/C(=C/NCc1ccc(Cl)cc1)C(=O)NCC(=O)O. The Balaban J connectivity index is 2.53. The third kappa shape index (κ3) is 5.42. The van der Waals surface area contributed by atoms with E-state index in [1.807, 2.05) is 0 Å². The molecular weight excluding hydrogens is 282 g/mol. The second-order valence-corrected chi connectivity index (χ2v) is 4.19. The van der Waals surface area contributed by atoms with E-state index in [9.17, 15) is 9.59 Å². The van der Waals surface area contributed by atoms with E-state index in [4.69, 9.17) is 22.0 Å². The van der Waals surface area contributed by atoms with Crippen LogP contribution < -0.4 is 10.6 Å².